The van der Waals surface area contributed by atoms with Crippen LogP contribution in [-0.2, 0) is 16.0 Å². The summed E-state index contributed by atoms with van der Waals surface area (Å²) in [5, 5.41) is 14.3. The molecule has 2 heterocycles. The number of hydrogen-bond donors (Lipinski definition) is 2. The Bertz CT molecular complexity index is 694. The molecule has 2 unspecified atom stereocenters. The van der Waals surface area contributed by atoms with Crippen LogP contribution in [0.4, 0.5) is 0 Å². The second-order valence-electron chi connectivity index (χ2n) is 6.09. The molecule has 0 spiro atoms. The lowest BCUT2D eigenvalue weighted by Gasteiger charge is -2.27. The molecule has 3 rings (SSSR count). The number of carbonyl (C=O) groups is 2. The van der Waals surface area contributed by atoms with Crippen LogP contribution in [0.1, 0.15) is 44.2 Å². The molecule has 7 heteroatoms. The molecule has 1 amide bonds. The number of nitrogens with zero attached hydrogens (tertiary/aromatic N) is 2. The Hall–Kier alpha value is -1.89. The summed E-state index contributed by atoms with van der Waals surface area (Å²) in [7, 11) is 0. The Balaban J connectivity index is 1.66. The van der Waals surface area contributed by atoms with Crippen LogP contribution in [0, 0.1) is 5.92 Å². The Morgan fingerprint density at radius 2 is 2.09 bits per heavy atom. The van der Waals surface area contributed by atoms with Crippen LogP contribution in [-0.4, -0.2) is 32.4 Å². The van der Waals surface area contributed by atoms with Gasteiger partial charge in [0.25, 0.3) is 0 Å². The molecule has 1 saturated carbocycles. The van der Waals surface area contributed by atoms with Crippen molar-refractivity contribution in [1.82, 2.24) is 14.7 Å². The number of fused-ring (bicyclic) bond motifs is 1. The van der Waals surface area contributed by atoms with Crippen LogP contribution in [0.15, 0.2) is 17.8 Å². The van der Waals surface area contributed by atoms with Crippen molar-refractivity contribution in [2.45, 2.75) is 51.0 Å². The van der Waals surface area contributed by atoms with Gasteiger partial charge in [0.2, 0.25) is 5.91 Å². The minimum Gasteiger partial charge on any atom is -0.481 e. The van der Waals surface area contributed by atoms with E-state index < -0.39 is 11.9 Å². The summed E-state index contributed by atoms with van der Waals surface area (Å²) in [6, 6.07) is -0.266. The number of aliphatic carboxylic acids is 1. The summed E-state index contributed by atoms with van der Waals surface area (Å²) in [6.07, 6.45) is 9.27. The number of carbonyl (C=O) groups excluding carboxylic acids is 1. The van der Waals surface area contributed by atoms with E-state index in [9.17, 15) is 14.7 Å². The van der Waals surface area contributed by atoms with Gasteiger partial charge in [0, 0.05) is 29.5 Å². The number of carboxylic acid groups (broad SMARTS) is 1. The molecule has 124 valence electrons. The van der Waals surface area contributed by atoms with E-state index in [1.807, 2.05) is 16.0 Å². The topological polar surface area (TPSA) is 83.7 Å². The monoisotopic (exact) mass is 335 g/mol. The highest BCUT2D eigenvalue weighted by atomic mass is 32.1. The van der Waals surface area contributed by atoms with Crippen LogP contribution in [0.3, 0.4) is 0 Å². The fraction of sp³-hybridized carbons (Fsp3) is 0.562. The number of aromatic nitrogens is 2. The molecule has 1 aliphatic rings. The maximum absolute atomic E-state index is 12.4. The summed E-state index contributed by atoms with van der Waals surface area (Å²) in [6.45, 7) is 0. The van der Waals surface area contributed by atoms with E-state index in [0.29, 0.717) is 6.42 Å². The first kappa shape index (κ1) is 16.0. The second-order valence-corrected chi connectivity index (χ2v) is 6.93. The van der Waals surface area contributed by atoms with Gasteiger partial charge < -0.3 is 10.4 Å². The minimum atomic E-state index is -0.801. The minimum absolute atomic E-state index is 0.116. The Kier molecular flexibility index (Phi) is 4.95. The van der Waals surface area contributed by atoms with Crippen molar-refractivity contribution in [2.75, 3.05) is 0 Å². The summed E-state index contributed by atoms with van der Waals surface area (Å²) in [5.41, 5.74) is 0.887. The van der Waals surface area contributed by atoms with Gasteiger partial charge >= 0.3 is 5.97 Å². The van der Waals surface area contributed by atoms with Crippen molar-refractivity contribution in [3.05, 3.63) is 23.5 Å². The maximum atomic E-state index is 12.4. The number of amides is 1. The summed E-state index contributed by atoms with van der Waals surface area (Å²) in [4.78, 5) is 28.9. The number of nitrogens with one attached hydrogen (secondary N) is 1. The molecule has 23 heavy (non-hydrogen) atoms. The molecule has 2 atom stereocenters. The molecule has 2 aromatic heterocycles. The molecule has 0 saturated heterocycles. The van der Waals surface area contributed by atoms with Gasteiger partial charge in [0.05, 0.1) is 12.3 Å². The van der Waals surface area contributed by atoms with Crippen LogP contribution in [0.5, 0.6) is 0 Å². The standard InChI is InChI=1S/C16H21N3O3S/c20-14(9-11-10-23-16-17-7-8-19(11)16)18-13-6-4-2-1-3-5-12(13)15(21)22/h7-8,10,12-13H,1-6,9H2,(H,18,20)(H,21,22). The van der Waals surface area contributed by atoms with Crippen LogP contribution >= 0.6 is 11.3 Å². The number of hydrogen-bond acceptors (Lipinski definition) is 4. The predicted octanol–water partition coefficient (Wildman–Crippen LogP) is 2.48. The first-order chi connectivity index (χ1) is 11.1. The normalized spacial score (nSPS) is 22.4. The highest BCUT2D eigenvalue weighted by Gasteiger charge is 2.29. The largest absolute Gasteiger partial charge is 0.481 e. The molecule has 2 N–H and O–H groups in total. The van der Waals surface area contributed by atoms with E-state index in [1.54, 1.807) is 6.20 Å². The molecule has 0 aliphatic heterocycles. The molecule has 0 radical (unpaired) electrons. The summed E-state index contributed by atoms with van der Waals surface area (Å²) in [5.74, 6) is -1.39. The predicted molar refractivity (Wildman–Crippen MR) is 87.5 cm³/mol. The Morgan fingerprint density at radius 3 is 2.87 bits per heavy atom. The van der Waals surface area contributed by atoms with E-state index >= 15 is 0 Å². The molecular weight excluding hydrogens is 314 g/mol. The molecule has 0 bridgehead atoms. The van der Waals surface area contributed by atoms with Crippen LogP contribution in [0.25, 0.3) is 4.96 Å². The zero-order valence-electron chi connectivity index (χ0n) is 12.9. The molecular formula is C16H21N3O3S. The lowest BCUT2D eigenvalue weighted by atomic mass is 9.86. The fourth-order valence-electron chi connectivity index (χ4n) is 3.27. The van der Waals surface area contributed by atoms with Crippen molar-refractivity contribution in [2.24, 2.45) is 5.92 Å². The van der Waals surface area contributed by atoms with Gasteiger partial charge in [-0.2, -0.15) is 0 Å². The van der Waals surface area contributed by atoms with Gasteiger partial charge in [0.15, 0.2) is 4.96 Å². The van der Waals surface area contributed by atoms with Crippen LogP contribution < -0.4 is 5.32 Å². The van der Waals surface area contributed by atoms with E-state index in [4.69, 9.17) is 0 Å². The quantitative estimate of drug-likeness (QED) is 0.899. The fourth-order valence-corrected chi connectivity index (χ4v) is 4.13. The van der Waals surface area contributed by atoms with Gasteiger partial charge in [0.1, 0.15) is 0 Å². The van der Waals surface area contributed by atoms with Crippen molar-refractivity contribution < 1.29 is 14.7 Å². The van der Waals surface area contributed by atoms with Crippen molar-refractivity contribution in [3.8, 4) is 0 Å². The maximum Gasteiger partial charge on any atom is 0.308 e. The number of imidazole rings is 1. The summed E-state index contributed by atoms with van der Waals surface area (Å²) >= 11 is 1.50. The molecule has 2 aromatic rings. The third-order valence-corrected chi connectivity index (χ3v) is 5.39. The molecule has 1 aliphatic carbocycles. The number of carboxylic acids is 1. The third-order valence-electron chi connectivity index (χ3n) is 4.49. The first-order valence-corrected chi connectivity index (χ1v) is 8.94. The van der Waals surface area contributed by atoms with Gasteiger partial charge in [-0.1, -0.05) is 25.7 Å². The average Bonchev–Trinajstić information content (AvgIpc) is 3.06. The smallest absolute Gasteiger partial charge is 0.308 e. The van der Waals surface area contributed by atoms with E-state index in [2.05, 4.69) is 10.3 Å². The third kappa shape index (κ3) is 3.72. The van der Waals surface area contributed by atoms with Gasteiger partial charge in [-0.3, -0.25) is 14.0 Å². The lowest BCUT2D eigenvalue weighted by molar-refractivity contribution is -0.143. The van der Waals surface area contributed by atoms with Crippen molar-refractivity contribution in [1.29, 1.82) is 0 Å². The Morgan fingerprint density at radius 1 is 1.30 bits per heavy atom. The molecule has 6 nitrogen and oxygen atoms in total. The van der Waals surface area contributed by atoms with Gasteiger partial charge in [-0.15, -0.1) is 11.3 Å². The van der Waals surface area contributed by atoms with E-state index in [0.717, 1.165) is 42.8 Å². The Labute approximate surface area is 138 Å². The zero-order chi connectivity index (χ0) is 16.2. The molecule has 1 fully saturated rings. The SMILES string of the molecule is O=C(Cc1csc2nccn12)NC1CCCCCCC1C(=O)O. The van der Waals surface area contributed by atoms with Crippen LogP contribution in [0.2, 0.25) is 0 Å². The van der Waals surface area contributed by atoms with Gasteiger partial charge in [-0.05, 0) is 12.8 Å². The van der Waals surface area contributed by atoms with Crippen molar-refractivity contribution >= 4 is 28.2 Å². The first-order valence-electron chi connectivity index (χ1n) is 8.07. The lowest BCUT2D eigenvalue weighted by Crippen LogP contribution is -2.44. The highest BCUT2D eigenvalue weighted by molar-refractivity contribution is 7.15. The van der Waals surface area contributed by atoms with Gasteiger partial charge in [-0.25, -0.2) is 4.98 Å². The summed E-state index contributed by atoms with van der Waals surface area (Å²) < 4.78 is 1.90. The van der Waals surface area contributed by atoms with E-state index in [1.165, 1.54) is 11.3 Å². The molecule has 0 aromatic carbocycles. The second kappa shape index (κ2) is 7.12. The van der Waals surface area contributed by atoms with E-state index in [-0.39, 0.29) is 18.4 Å². The number of thiazole rings is 1. The van der Waals surface area contributed by atoms with Crippen molar-refractivity contribution in [3.63, 3.8) is 0 Å². The zero-order valence-corrected chi connectivity index (χ0v) is 13.7. The average molecular weight is 335 g/mol. The highest BCUT2D eigenvalue weighted by Crippen LogP contribution is 2.23. The number of rotatable bonds is 4.